The van der Waals surface area contributed by atoms with Crippen molar-refractivity contribution in [2.75, 3.05) is 33.2 Å². The van der Waals surface area contributed by atoms with Gasteiger partial charge in [-0.25, -0.2) is 13.8 Å². The molecule has 2 amide bonds. The lowest BCUT2D eigenvalue weighted by Crippen LogP contribution is -2.57. The summed E-state index contributed by atoms with van der Waals surface area (Å²) in [7, 11) is 1.84. The number of nitrogens with one attached hydrogen (secondary N) is 1. The molecule has 0 aromatic carbocycles. The number of carbonyl (C=O) groups excluding carboxylic acids is 2. The van der Waals surface area contributed by atoms with Gasteiger partial charge in [0.05, 0.1) is 6.20 Å². The molecule has 1 aromatic heterocycles. The van der Waals surface area contributed by atoms with Crippen molar-refractivity contribution in [2.24, 2.45) is 5.92 Å². The first-order valence-electron chi connectivity index (χ1n) is 8.55. The number of likely N-dealkylation sites (tertiary alicyclic amines) is 2. The molecule has 3 rings (SSSR count). The molecule has 0 spiro atoms. The molecule has 2 aliphatic rings. The van der Waals surface area contributed by atoms with Gasteiger partial charge < -0.3 is 15.1 Å². The van der Waals surface area contributed by atoms with E-state index in [4.69, 9.17) is 0 Å². The van der Waals surface area contributed by atoms with E-state index in [0.717, 1.165) is 19.2 Å². The Hall–Kier alpha value is -2.09. The van der Waals surface area contributed by atoms with Gasteiger partial charge >= 0.3 is 0 Å². The zero-order chi connectivity index (χ0) is 18.0. The van der Waals surface area contributed by atoms with Gasteiger partial charge in [-0.3, -0.25) is 9.59 Å². The number of nitrogens with zero attached hydrogens (tertiary/aromatic N) is 3. The minimum absolute atomic E-state index is 0.115. The Morgan fingerprint density at radius 1 is 1.40 bits per heavy atom. The summed E-state index contributed by atoms with van der Waals surface area (Å²) in [5.41, 5.74) is -0.348. The molecule has 25 heavy (non-hydrogen) atoms. The van der Waals surface area contributed by atoms with E-state index in [-0.39, 0.29) is 23.6 Å². The molecule has 1 N–H and O–H groups in total. The molecule has 0 radical (unpaired) electrons. The number of fused-ring (bicyclic) bond motifs is 1. The van der Waals surface area contributed by atoms with Crippen molar-refractivity contribution in [1.29, 1.82) is 0 Å². The molecule has 0 bridgehead atoms. The van der Waals surface area contributed by atoms with Gasteiger partial charge in [-0.05, 0) is 25.8 Å². The Labute approximate surface area is 145 Å². The molecule has 3 heterocycles. The highest BCUT2D eigenvalue weighted by Gasteiger charge is 2.40. The zero-order valence-corrected chi connectivity index (χ0v) is 14.2. The van der Waals surface area contributed by atoms with Crippen molar-refractivity contribution >= 4 is 11.8 Å². The lowest BCUT2D eigenvalue weighted by atomic mass is 9.83. The first kappa shape index (κ1) is 17.7. The second kappa shape index (κ2) is 7.43. The Morgan fingerprint density at radius 2 is 2.20 bits per heavy atom. The molecule has 2 aliphatic heterocycles. The van der Waals surface area contributed by atoms with Crippen LogP contribution in [0.4, 0.5) is 8.78 Å². The van der Waals surface area contributed by atoms with Crippen LogP contribution in [-0.2, 0) is 4.79 Å². The summed E-state index contributed by atoms with van der Waals surface area (Å²) < 4.78 is 26.8. The van der Waals surface area contributed by atoms with E-state index >= 15 is 0 Å². The second-order valence-corrected chi connectivity index (χ2v) is 6.58. The molecular weight excluding hydrogens is 330 g/mol. The van der Waals surface area contributed by atoms with Gasteiger partial charge in [0.1, 0.15) is 5.82 Å². The predicted molar refractivity (Wildman–Crippen MR) is 86.8 cm³/mol. The average Bonchev–Trinajstić information content (AvgIpc) is 2.60. The minimum atomic E-state index is -0.943. The molecule has 2 atom stereocenters. The lowest BCUT2D eigenvalue weighted by Gasteiger charge is -2.47. The van der Waals surface area contributed by atoms with Crippen molar-refractivity contribution in [3.05, 3.63) is 29.6 Å². The van der Waals surface area contributed by atoms with Crippen LogP contribution in [0.25, 0.3) is 0 Å². The Bertz CT molecular complexity index is 670. The fraction of sp³-hybridized carbons (Fsp3) is 0.588. The number of aromatic nitrogens is 1. The minimum Gasteiger partial charge on any atom is -0.338 e. The number of hydrogen-bond donors (Lipinski definition) is 1. The molecule has 6 nitrogen and oxygen atoms in total. The summed E-state index contributed by atoms with van der Waals surface area (Å²) in [6, 6.07) is 0.788. The Balaban J connectivity index is 1.70. The third kappa shape index (κ3) is 3.63. The topological polar surface area (TPSA) is 65.5 Å². The van der Waals surface area contributed by atoms with Crippen LogP contribution in [0, 0.1) is 17.6 Å². The van der Waals surface area contributed by atoms with Gasteiger partial charge in [0.15, 0.2) is 11.5 Å². The summed E-state index contributed by atoms with van der Waals surface area (Å²) in [5, 5.41) is 3.05. The number of hydrogen-bond acceptors (Lipinski definition) is 4. The molecule has 0 saturated carbocycles. The van der Waals surface area contributed by atoms with Crippen LogP contribution in [0.1, 0.15) is 29.8 Å². The first-order chi connectivity index (χ1) is 12.0. The van der Waals surface area contributed by atoms with Crippen LogP contribution in [0.2, 0.25) is 0 Å². The third-order valence-electron chi connectivity index (χ3n) is 5.04. The number of likely N-dealkylation sites (N-methyl/N-ethyl adjacent to an activating group) is 1. The molecule has 1 aromatic rings. The highest BCUT2D eigenvalue weighted by Crippen LogP contribution is 2.31. The van der Waals surface area contributed by atoms with Crippen molar-refractivity contribution in [2.45, 2.75) is 25.3 Å². The Morgan fingerprint density at radius 3 is 2.92 bits per heavy atom. The van der Waals surface area contributed by atoms with E-state index in [1.54, 1.807) is 4.90 Å². The van der Waals surface area contributed by atoms with E-state index in [1.165, 1.54) is 0 Å². The summed E-state index contributed by atoms with van der Waals surface area (Å²) in [6.07, 6.45) is 2.70. The maximum absolute atomic E-state index is 13.8. The van der Waals surface area contributed by atoms with E-state index in [9.17, 15) is 18.4 Å². The average molecular weight is 352 g/mol. The van der Waals surface area contributed by atoms with E-state index in [1.807, 2.05) is 11.9 Å². The monoisotopic (exact) mass is 352 g/mol. The van der Waals surface area contributed by atoms with Gasteiger partial charge in [0.25, 0.3) is 5.91 Å². The molecule has 0 aliphatic carbocycles. The maximum atomic E-state index is 13.8. The highest BCUT2D eigenvalue weighted by molar-refractivity contribution is 5.92. The molecule has 8 heteroatoms. The fourth-order valence-electron chi connectivity index (χ4n) is 3.78. The van der Waals surface area contributed by atoms with Crippen molar-refractivity contribution in [1.82, 2.24) is 20.1 Å². The zero-order valence-electron chi connectivity index (χ0n) is 14.2. The molecule has 136 valence electrons. The molecular formula is C17H22F2N4O2. The summed E-state index contributed by atoms with van der Waals surface area (Å²) in [6.45, 7) is 2.27. The normalized spacial score (nSPS) is 23.6. The van der Waals surface area contributed by atoms with Crippen LogP contribution < -0.4 is 5.32 Å². The Kier molecular flexibility index (Phi) is 5.27. The van der Waals surface area contributed by atoms with Gasteiger partial charge in [0, 0.05) is 44.7 Å². The second-order valence-electron chi connectivity index (χ2n) is 6.58. The number of pyridine rings is 1. The van der Waals surface area contributed by atoms with Crippen molar-refractivity contribution < 1.29 is 18.4 Å². The number of rotatable bonds is 4. The molecule has 2 saturated heterocycles. The molecule has 0 unspecified atom stereocenters. The molecule has 2 fully saturated rings. The van der Waals surface area contributed by atoms with E-state index < -0.39 is 17.5 Å². The van der Waals surface area contributed by atoms with Crippen LogP contribution in [0.15, 0.2) is 12.3 Å². The number of piperidine rings is 2. The number of amides is 2. The standard InChI is InChI=1S/C17H22F2N4O2/c1-20-5-7-23-14-4-6-22(10-11(14)2-3-15(23)24)17(25)16-13(19)8-12(18)9-21-16/h8-9,11,14,20H,2-7,10H2,1H3/t11-,14+/m0/s1. The largest absolute Gasteiger partial charge is 0.338 e. The van der Waals surface area contributed by atoms with E-state index in [2.05, 4.69) is 10.3 Å². The SMILES string of the molecule is CNCCN1C(=O)CC[C@H]2CN(C(=O)c3ncc(F)cc3F)CC[C@H]21. The quantitative estimate of drug-likeness (QED) is 0.879. The van der Waals surface area contributed by atoms with Gasteiger partial charge in [-0.15, -0.1) is 0 Å². The van der Waals surface area contributed by atoms with Crippen LogP contribution >= 0.6 is 0 Å². The van der Waals surface area contributed by atoms with Crippen LogP contribution in [0.3, 0.4) is 0 Å². The third-order valence-corrected chi connectivity index (χ3v) is 5.04. The van der Waals surface area contributed by atoms with Crippen LogP contribution in [-0.4, -0.2) is 65.9 Å². The lowest BCUT2D eigenvalue weighted by molar-refractivity contribution is -0.140. The van der Waals surface area contributed by atoms with Crippen molar-refractivity contribution in [3.63, 3.8) is 0 Å². The summed E-state index contributed by atoms with van der Waals surface area (Å²) in [5.74, 6) is -1.94. The smallest absolute Gasteiger partial charge is 0.275 e. The predicted octanol–water partition coefficient (Wildman–Crippen LogP) is 1.03. The number of carbonyl (C=O) groups is 2. The fourth-order valence-corrected chi connectivity index (χ4v) is 3.78. The van der Waals surface area contributed by atoms with Gasteiger partial charge in [0.2, 0.25) is 5.91 Å². The van der Waals surface area contributed by atoms with Crippen molar-refractivity contribution in [3.8, 4) is 0 Å². The van der Waals surface area contributed by atoms with E-state index in [0.29, 0.717) is 38.5 Å². The number of halogens is 2. The highest BCUT2D eigenvalue weighted by atomic mass is 19.1. The summed E-state index contributed by atoms with van der Waals surface area (Å²) >= 11 is 0. The van der Waals surface area contributed by atoms with Gasteiger partial charge in [-0.2, -0.15) is 0 Å². The first-order valence-corrected chi connectivity index (χ1v) is 8.55. The van der Waals surface area contributed by atoms with Crippen LogP contribution in [0.5, 0.6) is 0 Å². The summed E-state index contributed by atoms with van der Waals surface area (Å²) in [4.78, 5) is 31.8. The van der Waals surface area contributed by atoms with Gasteiger partial charge in [-0.1, -0.05) is 0 Å². The maximum Gasteiger partial charge on any atom is 0.275 e.